The van der Waals surface area contributed by atoms with Gasteiger partial charge in [0.05, 0.1) is 7.11 Å². The maximum atomic E-state index is 12.1. The van der Waals surface area contributed by atoms with E-state index in [1.54, 1.807) is 12.0 Å². The Morgan fingerprint density at radius 3 is 2.41 bits per heavy atom. The van der Waals surface area contributed by atoms with Crippen LogP contribution in [-0.4, -0.2) is 54.9 Å². The van der Waals surface area contributed by atoms with E-state index < -0.39 is 5.60 Å². The number of anilines is 1. The number of hydrogen-bond donors (Lipinski definition) is 0. The number of carbonyl (C=O) groups is 1. The number of aromatic nitrogens is 1. The van der Waals surface area contributed by atoms with Gasteiger partial charge in [-0.2, -0.15) is 0 Å². The lowest BCUT2D eigenvalue weighted by Gasteiger charge is -2.36. The van der Waals surface area contributed by atoms with Crippen molar-refractivity contribution in [3.63, 3.8) is 0 Å². The standard InChI is InChI=1S/C15H22BrN3O3/c1-15(2,3)22-14(20)19-9-7-18(8-10-19)11-5-6-12(16)17-13(11)21-4/h5-6H,7-10H2,1-4H3. The van der Waals surface area contributed by atoms with Crippen molar-refractivity contribution in [3.8, 4) is 5.88 Å². The van der Waals surface area contributed by atoms with Crippen molar-refractivity contribution in [1.82, 2.24) is 9.88 Å². The maximum absolute atomic E-state index is 12.1. The molecule has 0 atom stereocenters. The third-order valence-electron chi connectivity index (χ3n) is 3.27. The van der Waals surface area contributed by atoms with E-state index in [0.717, 1.165) is 23.4 Å². The third-order valence-corrected chi connectivity index (χ3v) is 3.71. The molecule has 1 aromatic rings. The summed E-state index contributed by atoms with van der Waals surface area (Å²) in [7, 11) is 1.61. The SMILES string of the molecule is COc1nc(Br)ccc1N1CCN(C(=O)OC(C)(C)C)CC1. The fourth-order valence-corrected chi connectivity index (χ4v) is 2.55. The van der Waals surface area contributed by atoms with Gasteiger partial charge in [0, 0.05) is 26.2 Å². The second-order valence-corrected chi connectivity index (χ2v) is 6.93. The van der Waals surface area contributed by atoms with Crippen LogP contribution in [0.2, 0.25) is 0 Å². The molecule has 1 amide bonds. The van der Waals surface area contributed by atoms with E-state index in [1.165, 1.54) is 0 Å². The number of piperazine rings is 1. The Bertz CT molecular complexity index is 537. The lowest BCUT2D eigenvalue weighted by Crippen LogP contribution is -2.50. The zero-order valence-corrected chi connectivity index (χ0v) is 15.0. The van der Waals surface area contributed by atoms with Gasteiger partial charge in [-0.25, -0.2) is 9.78 Å². The van der Waals surface area contributed by atoms with Crippen LogP contribution >= 0.6 is 15.9 Å². The molecule has 1 saturated heterocycles. The van der Waals surface area contributed by atoms with Gasteiger partial charge in [0.2, 0.25) is 5.88 Å². The minimum atomic E-state index is -0.465. The normalized spacial score (nSPS) is 15.7. The molecule has 0 aromatic carbocycles. The summed E-state index contributed by atoms with van der Waals surface area (Å²) in [6, 6.07) is 3.86. The van der Waals surface area contributed by atoms with E-state index in [2.05, 4.69) is 25.8 Å². The number of halogens is 1. The summed E-state index contributed by atoms with van der Waals surface area (Å²) in [4.78, 5) is 20.3. The molecule has 0 saturated carbocycles. The summed E-state index contributed by atoms with van der Waals surface area (Å²) < 4.78 is 11.5. The topological polar surface area (TPSA) is 54.9 Å². The van der Waals surface area contributed by atoms with Gasteiger partial charge in [0.25, 0.3) is 0 Å². The molecule has 0 aliphatic carbocycles. The summed E-state index contributed by atoms with van der Waals surface area (Å²) >= 11 is 3.34. The number of pyridine rings is 1. The summed E-state index contributed by atoms with van der Waals surface area (Å²) in [5.41, 5.74) is 0.474. The van der Waals surface area contributed by atoms with Crippen LogP contribution < -0.4 is 9.64 Å². The molecule has 122 valence electrons. The van der Waals surface area contributed by atoms with Gasteiger partial charge < -0.3 is 19.3 Å². The first kappa shape index (κ1) is 16.9. The van der Waals surface area contributed by atoms with Gasteiger partial charge >= 0.3 is 6.09 Å². The second kappa shape index (κ2) is 6.73. The first-order valence-corrected chi connectivity index (χ1v) is 8.03. The van der Waals surface area contributed by atoms with E-state index in [-0.39, 0.29) is 6.09 Å². The van der Waals surface area contributed by atoms with Crippen molar-refractivity contribution < 1.29 is 14.3 Å². The minimum Gasteiger partial charge on any atom is -0.479 e. The molecule has 0 unspecified atom stereocenters. The van der Waals surface area contributed by atoms with Crippen LogP contribution in [-0.2, 0) is 4.74 Å². The number of rotatable bonds is 2. The summed E-state index contributed by atoms with van der Waals surface area (Å²) in [5.74, 6) is 0.583. The van der Waals surface area contributed by atoms with Crippen LogP contribution in [0.5, 0.6) is 5.88 Å². The highest BCUT2D eigenvalue weighted by molar-refractivity contribution is 9.10. The molecule has 6 nitrogen and oxygen atoms in total. The first-order valence-electron chi connectivity index (χ1n) is 7.23. The fourth-order valence-electron chi connectivity index (χ4n) is 2.26. The predicted octanol–water partition coefficient (Wildman–Crippen LogP) is 2.91. The van der Waals surface area contributed by atoms with Crippen molar-refractivity contribution in [1.29, 1.82) is 0 Å². The molecule has 22 heavy (non-hydrogen) atoms. The zero-order chi connectivity index (χ0) is 16.3. The Hall–Kier alpha value is -1.50. The average molecular weight is 372 g/mol. The van der Waals surface area contributed by atoms with Crippen LogP contribution in [0, 0.1) is 0 Å². The molecular formula is C15H22BrN3O3. The molecule has 1 aliphatic rings. The molecular weight excluding hydrogens is 350 g/mol. The van der Waals surface area contributed by atoms with Crippen molar-refractivity contribution in [2.24, 2.45) is 0 Å². The zero-order valence-electron chi connectivity index (χ0n) is 13.4. The number of nitrogens with zero attached hydrogens (tertiary/aromatic N) is 3. The average Bonchev–Trinajstić information content (AvgIpc) is 2.45. The van der Waals surface area contributed by atoms with Gasteiger partial charge in [0.1, 0.15) is 15.9 Å². The van der Waals surface area contributed by atoms with Crippen LogP contribution in [0.3, 0.4) is 0 Å². The highest BCUT2D eigenvalue weighted by Gasteiger charge is 2.27. The van der Waals surface area contributed by atoms with Crippen LogP contribution in [0.1, 0.15) is 20.8 Å². The Kier molecular flexibility index (Phi) is 5.16. The van der Waals surface area contributed by atoms with Gasteiger partial charge in [-0.05, 0) is 48.8 Å². The Balaban J connectivity index is 1.99. The molecule has 0 spiro atoms. The summed E-state index contributed by atoms with van der Waals surface area (Å²) in [5, 5.41) is 0. The highest BCUT2D eigenvalue weighted by Crippen LogP contribution is 2.28. The predicted molar refractivity (Wildman–Crippen MR) is 88.5 cm³/mol. The quantitative estimate of drug-likeness (QED) is 0.748. The molecule has 0 bridgehead atoms. The van der Waals surface area contributed by atoms with E-state index >= 15 is 0 Å². The van der Waals surface area contributed by atoms with E-state index in [1.807, 2.05) is 32.9 Å². The molecule has 2 rings (SSSR count). The minimum absolute atomic E-state index is 0.256. The Morgan fingerprint density at radius 1 is 1.23 bits per heavy atom. The van der Waals surface area contributed by atoms with E-state index in [0.29, 0.717) is 19.0 Å². The van der Waals surface area contributed by atoms with E-state index in [9.17, 15) is 4.79 Å². The highest BCUT2D eigenvalue weighted by atomic mass is 79.9. The Labute approximate surface area is 139 Å². The van der Waals surface area contributed by atoms with Crippen molar-refractivity contribution in [2.45, 2.75) is 26.4 Å². The summed E-state index contributed by atoms with van der Waals surface area (Å²) in [6.07, 6.45) is -0.256. The largest absolute Gasteiger partial charge is 0.479 e. The lowest BCUT2D eigenvalue weighted by atomic mass is 10.2. The fraction of sp³-hybridized carbons (Fsp3) is 0.600. The second-order valence-electron chi connectivity index (χ2n) is 6.12. The monoisotopic (exact) mass is 371 g/mol. The van der Waals surface area contributed by atoms with Crippen molar-refractivity contribution in [3.05, 3.63) is 16.7 Å². The molecule has 1 aliphatic heterocycles. The third kappa shape index (κ3) is 4.25. The number of ether oxygens (including phenoxy) is 2. The first-order chi connectivity index (χ1) is 10.3. The van der Waals surface area contributed by atoms with E-state index in [4.69, 9.17) is 9.47 Å². The summed E-state index contributed by atoms with van der Waals surface area (Å²) in [6.45, 7) is 8.30. The number of hydrogen-bond acceptors (Lipinski definition) is 5. The van der Waals surface area contributed by atoms with Crippen LogP contribution in [0.25, 0.3) is 0 Å². The van der Waals surface area contributed by atoms with Crippen LogP contribution in [0.4, 0.5) is 10.5 Å². The van der Waals surface area contributed by atoms with Gasteiger partial charge in [-0.3, -0.25) is 0 Å². The maximum Gasteiger partial charge on any atom is 0.410 e. The number of carbonyl (C=O) groups excluding carboxylic acids is 1. The molecule has 1 fully saturated rings. The van der Waals surface area contributed by atoms with Crippen LogP contribution in [0.15, 0.2) is 16.7 Å². The lowest BCUT2D eigenvalue weighted by molar-refractivity contribution is 0.0240. The Morgan fingerprint density at radius 2 is 1.86 bits per heavy atom. The number of amides is 1. The molecule has 2 heterocycles. The smallest absolute Gasteiger partial charge is 0.410 e. The number of methoxy groups -OCH3 is 1. The van der Waals surface area contributed by atoms with Gasteiger partial charge in [-0.15, -0.1) is 0 Å². The van der Waals surface area contributed by atoms with Gasteiger partial charge in [0.15, 0.2) is 0 Å². The van der Waals surface area contributed by atoms with Crippen molar-refractivity contribution in [2.75, 3.05) is 38.2 Å². The van der Waals surface area contributed by atoms with Crippen molar-refractivity contribution >= 4 is 27.7 Å². The molecule has 0 N–H and O–H groups in total. The van der Waals surface area contributed by atoms with Gasteiger partial charge in [-0.1, -0.05) is 0 Å². The molecule has 0 radical (unpaired) electrons. The molecule has 7 heteroatoms. The molecule has 1 aromatic heterocycles.